The van der Waals surface area contributed by atoms with Crippen LogP contribution >= 0.6 is 0 Å². The lowest BCUT2D eigenvalue weighted by molar-refractivity contribution is -0.127. The van der Waals surface area contributed by atoms with E-state index in [4.69, 9.17) is 4.74 Å². The normalized spacial score (nSPS) is 26.0. The average molecular weight is 246 g/mol. The maximum absolute atomic E-state index is 11.5. The number of ether oxygens (including phenoxy) is 1. The van der Waals surface area contributed by atoms with Crippen molar-refractivity contribution >= 4 is 17.4 Å². The molecule has 1 aliphatic carbocycles. The van der Waals surface area contributed by atoms with E-state index in [2.05, 4.69) is 4.99 Å². The number of fused-ring (bicyclic) bond motifs is 1. The van der Waals surface area contributed by atoms with Crippen molar-refractivity contribution in [3.05, 3.63) is 24.0 Å². The van der Waals surface area contributed by atoms with Gasteiger partial charge in [-0.15, -0.1) is 0 Å². The van der Waals surface area contributed by atoms with Crippen LogP contribution in [0, 0.1) is 0 Å². The SMILES string of the molecule is O=C1C=CC2=NC(CCN3CCCC3=O)OC2=C1. The first-order valence-electron chi connectivity index (χ1n) is 6.19. The molecule has 0 aromatic heterocycles. The molecule has 0 spiro atoms. The van der Waals surface area contributed by atoms with Gasteiger partial charge < -0.3 is 9.64 Å². The molecule has 5 nitrogen and oxygen atoms in total. The summed E-state index contributed by atoms with van der Waals surface area (Å²) in [6.45, 7) is 1.51. The van der Waals surface area contributed by atoms with E-state index in [0.717, 1.165) is 18.7 Å². The number of aliphatic imine (C=N–C) groups is 1. The highest BCUT2D eigenvalue weighted by Crippen LogP contribution is 2.22. The predicted octanol–water partition coefficient (Wildman–Crippen LogP) is 0.819. The summed E-state index contributed by atoms with van der Waals surface area (Å²) in [4.78, 5) is 28.9. The van der Waals surface area contributed by atoms with E-state index in [1.807, 2.05) is 4.90 Å². The quantitative estimate of drug-likeness (QED) is 0.693. The molecule has 0 N–H and O–H groups in total. The highest BCUT2D eigenvalue weighted by Gasteiger charge is 2.27. The number of allylic oxidation sites excluding steroid dienone is 3. The predicted molar refractivity (Wildman–Crippen MR) is 65.0 cm³/mol. The second kappa shape index (κ2) is 4.40. The van der Waals surface area contributed by atoms with Gasteiger partial charge in [-0.1, -0.05) is 0 Å². The maximum Gasteiger partial charge on any atom is 0.222 e. The van der Waals surface area contributed by atoms with E-state index >= 15 is 0 Å². The Hall–Kier alpha value is -1.91. The van der Waals surface area contributed by atoms with Gasteiger partial charge in [0.25, 0.3) is 0 Å². The molecule has 5 heteroatoms. The first-order chi connectivity index (χ1) is 8.72. The summed E-state index contributed by atoms with van der Waals surface area (Å²) >= 11 is 0. The lowest BCUT2D eigenvalue weighted by Gasteiger charge is -2.17. The Kier molecular flexibility index (Phi) is 2.74. The number of likely N-dealkylation sites (tertiary alicyclic amines) is 1. The summed E-state index contributed by atoms with van der Waals surface area (Å²) in [5.74, 6) is 0.701. The van der Waals surface area contributed by atoms with Gasteiger partial charge in [0, 0.05) is 32.0 Å². The van der Waals surface area contributed by atoms with Crippen LogP contribution in [0.15, 0.2) is 29.0 Å². The molecule has 18 heavy (non-hydrogen) atoms. The molecule has 0 aromatic carbocycles. The van der Waals surface area contributed by atoms with Gasteiger partial charge in [-0.05, 0) is 18.6 Å². The molecule has 1 fully saturated rings. The van der Waals surface area contributed by atoms with Crippen LogP contribution in [0.3, 0.4) is 0 Å². The number of amides is 1. The van der Waals surface area contributed by atoms with Crippen LogP contribution in [-0.2, 0) is 14.3 Å². The molecule has 0 aromatic rings. The minimum Gasteiger partial charge on any atom is -0.466 e. The van der Waals surface area contributed by atoms with E-state index in [1.54, 1.807) is 6.08 Å². The Morgan fingerprint density at radius 3 is 3.06 bits per heavy atom. The number of nitrogens with zero attached hydrogens (tertiary/aromatic N) is 2. The van der Waals surface area contributed by atoms with Crippen LogP contribution in [0.2, 0.25) is 0 Å². The lowest BCUT2D eigenvalue weighted by atomic mass is 10.1. The fourth-order valence-corrected chi connectivity index (χ4v) is 2.35. The number of carbonyl (C=O) groups is 2. The highest BCUT2D eigenvalue weighted by molar-refractivity contribution is 6.19. The monoisotopic (exact) mass is 246 g/mol. The van der Waals surface area contributed by atoms with Crippen molar-refractivity contribution in [2.75, 3.05) is 13.1 Å². The Labute approximate surface area is 105 Å². The Morgan fingerprint density at radius 2 is 2.28 bits per heavy atom. The van der Waals surface area contributed by atoms with Crippen LogP contribution < -0.4 is 0 Å². The first-order valence-corrected chi connectivity index (χ1v) is 6.19. The molecular formula is C13H14N2O3. The number of carbonyl (C=O) groups excluding carboxylic acids is 2. The first kappa shape index (κ1) is 11.2. The van der Waals surface area contributed by atoms with Crippen LogP contribution in [-0.4, -0.2) is 41.6 Å². The molecule has 1 atom stereocenters. The molecule has 2 heterocycles. The molecule has 1 amide bonds. The summed E-state index contributed by atoms with van der Waals surface area (Å²) in [6, 6.07) is 0. The van der Waals surface area contributed by atoms with Gasteiger partial charge in [0.1, 0.15) is 5.71 Å². The minimum atomic E-state index is -0.268. The van der Waals surface area contributed by atoms with E-state index in [-0.39, 0.29) is 17.9 Å². The Balaban J connectivity index is 1.58. The van der Waals surface area contributed by atoms with E-state index in [9.17, 15) is 9.59 Å². The number of ketones is 1. The summed E-state index contributed by atoms with van der Waals surface area (Å²) < 4.78 is 5.58. The molecule has 1 saturated heterocycles. The summed E-state index contributed by atoms with van der Waals surface area (Å²) in [5, 5.41) is 0. The van der Waals surface area contributed by atoms with Crippen molar-refractivity contribution in [3.8, 4) is 0 Å². The van der Waals surface area contributed by atoms with Crippen LogP contribution in [0.4, 0.5) is 0 Å². The molecule has 94 valence electrons. The molecular weight excluding hydrogens is 232 g/mol. The van der Waals surface area contributed by atoms with Gasteiger partial charge >= 0.3 is 0 Å². The number of hydrogen-bond donors (Lipinski definition) is 0. The third kappa shape index (κ3) is 2.08. The van der Waals surface area contributed by atoms with Gasteiger partial charge in [-0.2, -0.15) is 0 Å². The minimum absolute atomic E-state index is 0.0701. The van der Waals surface area contributed by atoms with Crippen molar-refractivity contribution in [2.24, 2.45) is 4.99 Å². The lowest BCUT2D eigenvalue weighted by Crippen LogP contribution is -2.27. The van der Waals surface area contributed by atoms with Crippen molar-refractivity contribution in [2.45, 2.75) is 25.5 Å². The fourth-order valence-electron chi connectivity index (χ4n) is 2.35. The van der Waals surface area contributed by atoms with Gasteiger partial charge in [0.05, 0.1) is 0 Å². The van der Waals surface area contributed by atoms with E-state index in [1.165, 1.54) is 12.2 Å². The fraction of sp³-hybridized carbons (Fsp3) is 0.462. The largest absolute Gasteiger partial charge is 0.466 e. The van der Waals surface area contributed by atoms with Crippen molar-refractivity contribution < 1.29 is 14.3 Å². The average Bonchev–Trinajstić information content (AvgIpc) is 2.92. The molecule has 1 unspecified atom stereocenters. The molecule has 3 aliphatic rings. The molecule has 0 saturated carbocycles. The molecule has 2 aliphatic heterocycles. The highest BCUT2D eigenvalue weighted by atomic mass is 16.5. The second-order valence-electron chi connectivity index (χ2n) is 4.60. The summed E-state index contributed by atoms with van der Waals surface area (Å²) in [6.07, 6.45) is 6.63. The summed E-state index contributed by atoms with van der Waals surface area (Å²) in [7, 11) is 0. The topological polar surface area (TPSA) is 59.0 Å². The molecule has 3 rings (SSSR count). The smallest absolute Gasteiger partial charge is 0.222 e. The van der Waals surface area contributed by atoms with Gasteiger partial charge in [-0.3, -0.25) is 9.59 Å². The maximum atomic E-state index is 11.5. The zero-order chi connectivity index (χ0) is 12.5. The van der Waals surface area contributed by atoms with E-state index < -0.39 is 0 Å². The standard InChI is InChI=1S/C13H14N2O3/c16-9-3-4-10-11(8-9)18-12(14-10)5-7-15-6-1-2-13(15)17/h3-4,8,12H,1-2,5-7H2. The summed E-state index contributed by atoms with van der Waals surface area (Å²) in [5.41, 5.74) is 0.729. The third-order valence-electron chi connectivity index (χ3n) is 3.29. The number of hydrogen-bond acceptors (Lipinski definition) is 4. The van der Waals surface area contributed by atoms with Crippen molar-refractivity contribution in [1.29, 1.82) is 0 Å². The molecule has 0 bridgehead atoms. The van der Waals surface area contributed by atoms with Crippen LogP contribution in [0.5, 0.6) is 0 Å². The zero-order valence-electron chi connectivity index (χ0n) is 9.96. The van der Waals surface area contributed by atoms with E-state index in [0.29, 0.717) is 25.1 Å². The molecule has 0 radical (unpaired) electrons. The third-order valence-corrected chi connectivity index (χ3v) is 3.29. The van der Waals surface area contributed by atoms with Crippen LogP contribution in [0.25, 0.3) is 0 Å². The van der Waals surface area contributed by atoms with Gasteiger partial charge in [0.2, 0.25) is 5.91 Å². The van der Waals surface area contributed by atoms with Gasteiger partial charge in [-0.25, -0.2) is 4.99 Å². The van der Waals surface area contributed by atoms with Gasteiger partial charge in [0.15, 0.2) is 17.8 Å². The second-order valence-corrected chi connectivity index (χ2v) is 4.60. The van der Waals surface area contributed by atoms with Crippen molar-refractivity contribution in [1.82, 2.24) is 4.90 Å². The van der Waals surface area contributed by atoms with Crippen LogP contribution in [0.1, 0.15) is 19.3 Å². The zero-order valence-corrected chi connectivity index (χ0v) is 9.96. The Morgan fingerprint density at radius 1 is 1.39 bits per heavy atom. The van der Waals surface area contributed by atoms with Crippen molar-refractivity contribution in [3.63, 3.8) is 0 Å². The Bertz CT molecular complexity index is 490. The number of rotatable bonds is 3.